The number of hydrogen-bond donors (Lipinski definition) is 3. The molecule has 5 aromatic rings. The minimum Gasteiger partial charge on any atom is -0.325 e. The standard InChI is InChI=1S/C30H26ClFN8O2/c1-17(2)40-25-14-18(6-11-24(25)38-39-40)26-23(32)16-33-29(37-26)36-21-9-7-20(8-10-21)34-27(41)30(12-13-30)28(42)35-22-5-3-4-19(31)15-22/h3-11,14-17H,12-13H2,1-2H3,(H,34,41)(H,35,42)(H,33,36,37). The topological polar surface area (TPSA) is 127 Å². The molecule has 2 heterocycles. The van der Waals surface area contributed by atoms with Crippen LogP contribution in [0.4, 0.5) is 27.4 Å². The SMILES string of the molecule is CC(C)n1nnc2ccc(-c3nc(Nc4ccc(NC(=O)C5(C(=O)Nc6cccc(Cl)c6)CC5)cc4)ncc3F)cc21. The molecule has 1 fully saturated rings. The summed E-state index contributed by atoms with van der Waals surface area (Å²) in [6.07, 6.45) is 2.03. The summed E-state index contributed by atoms with van der Waals surface area (Å²) < 4.78 is 16.6. The fraction of sp³-hybridized carbons (Fsp3) is 0.200. The molecule has 3 aromatic carbocycles. The van der Waals surface area contributed by atoms with Crippen molar-refractivity contribution in [2.45, 2.75) is 32.7 Å². The van der Waals surface area contributed by atoms with Crippen LogP contribution in [0.25, 0.3) is 22.3 Å². The van der Waals surface area contributed by atoms with E-state index in [1.54, 1.807) is 65.3 Å². The van der Waals surface area contributed by atoms with Crippen molar-refractivity contribution in [2.24, 2.45) is 5.41 Å². The van der Waals surface area contributed by atoms with E-state index in [9.17, 15) is 14.0 Å². The molecular weight excluding hydrogens is 559 g/mol. The highest BCUT2D eigenvalue weighted by Gasteiger charge is 2.56. The van der Waals surface area contributed by atoms with E-state index >= 15 is 0 Å². The van der Waals surface area contributed by atoms with Gasteiger partial charge in [-0.05, 0) is 81.3 Å². The Kier molecular flexibility index (Phi) is 7.03. The maximum atomic E-state index is 14.8. The first kappa shape index (κ1) is 27.3. The van der Waals surface area contributed by atoms with E-state index in [4.69, 9.17) is 11.6 Å². The van der Waals surface area contributed by atoms with Crippen molar-refractivity contribution in [1.82, 2.24) is 25.0 Å². The number of amides is 2. The molecular formula is C30H26ClFN8O2. The molecule has 6 rings (SSSR count). The molecule has 0 unspecified atom stereocenters. The van der Waals surface area contributed by atoms with Crippen molar-refractivity contribution >= 4 is 57.5 Å². The number of halogens is 2. The minimum absolute atomic E-state index is 0.0892. The lowest BCUT2D eigenvalue weighted by molar-refractivity contribution is -0.131. The Morgan fingerprint density at radius 3 is 2.36 bits per heavy atom. The predicted octanol–water partition coefficient (Wildman–Crippen LogP) is 6.36. The lowest BCUT2D eigenvalue weighted by Gasteiger charge is -2.16. The van der Waals surface area contributed by atoms with E-state index in [1.807, 2.05) is 19.9 Å². The zero-order chi connectivity index (χ0) is 29.4. The molecule has 3 N–H and O–H groups in total. The maximum absolute atomic E-state index is 14.8. The van der Waals surface area contributed by atoms with E-state index in [0.717, 1.165) is 11.7 Å². The van der Waals surface area contributed by atoms with Crippen molar-refractivity contribution in [1.29, 1.82) is 0 Å². The van der Waals surface area contributed by atoms with Gasteiger partial charge in [0.1, 0.15) is 16.6 Å². The molecule has 0 saturated heterocycles. The predicted molar refractivity (Wildman–Crippen MR) is 159 cm³/mol. The minimum atomic E-state index is -1.12. The van der Waals surface area contributed by atoms with Crippen molar-refractivity contribution in [3.63, 3.8) is 0 Å². The Morgan fingerprint density at radius 1 is 0.952 bits per heavy atom. The van der Waals surface area contributed by atoms with Gasteiger partial charge in [0.25, 0.3) is 0 Å². The highest BCUT2D eigenvalue weighted by molar-refractivity contribution is 6.31. The van der Waals surface area contributed by atoms with Gasteiger partial charge in [-0.2, -0.15) is 0 Å². The number of nitrogens with zero attached hydrogens (tertiary/aromatic N) is 5. The number of nitrogens with one attached hydrogen (secondary N) is 3. The van der Waals surface area contributed by atoms with Gasteiger partial charge >= 0.3 is 0 Å². The van der Waals surface area contributed by atoms with Crippen molar-refractivity contribution < 1.29 is 14.0 Å². The highest BCUT2D eigenvalue weighted by Crippen LogP contribution is 2.47. The Bertz CT molecular complexity index is 1820. The molecule has 212 valence electrons. The summed E-state index contributed by atoms with van der Waals surface area (Å²) in [6, 6.07) is 19.1. The van der Waals surface area contributed by atoms with Crippen LogP contribution in [0.15, 0.2) is 72.9 Å². The van der Waals surface area contributed by atoms with Crippen LogP contribution in [0.3, 0.4) is 0 Å². The molecule has 0 bridgehead atoms. The fourth-order valence-corrected chi connectivity index (χ4v) is 4.80. The highest BCUT2D eigenvalue weighted by atomic mass is 35.5. The molecule has 0 aliphatic heterocycles. The summed E-state index contributed by atoms with van der Waals surface area (Å²) in [5, 5.41) is 17.5. The summed E-state index contributed by atoms with van der Waals surface area (Å²) >= 11 is 6.00. The van der Waals surface area contributed by atoms with Crippen LogP contribution in [0.5, 0.6) is 0 Å². The second-order valence-electron chi connectivity index (χ2n) is 10.4. The van der Waals surface area contributed by atoms with Crippen LogP contribution in [0.2, 0.25) is 5.02 Å². The summed E-state index contributed by atoms with van der Waals surface area (Å²) in [6.45, 7) is 3.99. The summed E-state index contributed by atoms with van der Waals surface area (Å²) in [5.74, 6) is -1.10. The lowest BCUT2D eigenvalue weighted by atomic mass is 10.0. The Balaban J connectivity index is 1.14. The van der Waals surface area contributed by atoms with Gasteiger partial charge < -0.3 is 16.0 Å². The van der Waals surface area contributed by atoms with Gasteiger partial charge in [0.05, 0.1) is 11.7 Å². The number of anilines is 4. The van der Waals surface area contributed by atoms with Crippen LogP contribution in [-0.4, -0.2) is 36.8 Å². The Hall–Kier alpha value is -4.90. The number of fused-ring (bicyclic) bond motifs is 1. The number of carbonyl (C=O) groups excluding carboxylic acids is 2. The molecule has 1 aliphatic rings. The van der Waals surface area contributed by atoms with E-state index < -0.39 is 11.2 Å². The maximum Gasteiger partial charge on any atom is 0.240 e. The van der Waals surface area contributed by atoms with E-state index in [-0.39, 0.29) is 29.5 Å². The molecule has 12 heteroatoms. The van der Waals surface area contributed by atoms with E-state index in [1.165, 1.54) is 0 Å². The van der Waals surface area contributed by atoms with Gasteiger partial charge in [-0.15, -0.1) is 5.10 Å². The van der Waals surface area contributed by atoms with Crippen molar-refractivity contribution in [3.8, 4) is 11.3 Å². The number of aromatic nitrogens is 5. The molecule has 10 nitrogen and oxygen atoms in total. The smallest absolute Gasteiger partial charge is 0.240 e. The summed E-state index contributed by atoms with van der Waals surface area (Å²) in [5.41, 5.74) is 2.77. The third-order valence-electron chi connectivity index (χ3n) is 7.08. The zero-order valence-electron chi connectivity index (χ0n) is 22.7. The quantitative estimate of drug-likeness (QED) is 0.181. The van der Waals surface area contributed by atoms with Crippen LogP contribution in [0.1, 0.15) is 32.7 Å². The Labute approximate surface area is 245 Å². The van der Waals surface area contributed by atoms with Gasteiger partial charge in [0, 0.05) is 33.7 Å². The van der Waals surface area contributed by atoms with E-state index in [0.29, 0.717) is 46.0 Å². The third-order valence-corrected chi connectivity index (χ3v) is 7.31. The number of carbonyl (C=O) groups is 2. The second kappa shape index (κ2) is 10.8. The fourth-order valence-electron chi connectivity index (χ4n) is 4.61. The molecule has 1 saturated carbocycles. The molecule has 1 aliphatic carbocycles. The summed E-state index contributed by atoms with van der Waals surface area (Å²) in [4.78, 5) is 34.4. The van der Waals surface area contributed by atoms with E-state index in [2.05, 4.69) is 36.2 Å². The Morgan fingerprint density at radius 2 is 1.67 bits per heavy atom. The number of rotatable bonds is 8. The molecule has 2 aromatic heterocycles. The van der Waals surface area contributed by atoms with Crippen molar-refractivity contribution in [3.05, 3.63) is 83.8 Å². The molecule has 0 radical (unpaired) electrons. The summed E-state index contributed by atoms with van der Waals surface area (Å²) in [7, 11) is 0. The molecule has 42 heavy (non-hydrogen) atoms. The average Bonchev–Trinajstić information content (AvgIpc) is 3.68. The van der Waals surface area contributed by atoms with Gasteiger partial charge in [-0.3, -0.25) is 9.59 Å². The van der Waals surface area contributed by atoms with Gasteiger partial charge in [0.2, 0.25) is 17.8 Å². The lowest BCUT2D eigenvalue weighted by Crippen LogP contribution is -2.35. The van der Waals surface area contributed by atoms with Crippen molar-refractivity contribution in [2.75, 3.05) is 16.0 Å². The monoisotopic (exact) mass is 584 g/mol. The van der Waals surface area contributed by atoms with Crippen LogP contribution in [-0.2, 0) is 9.59 Å². The number of benzene rings is 3. The molecule has 0 atom stereocenters. The first-order chi connectivity index (χ1) is 20.2. The van der Waals surface area contributed by atoms with Gasteiger partial charge in [0.15, 0.2) is 5.82 Å². The van der Waals surface area contributed by atoms with Crippen LogP contribution >= 0.6 is 11.6 Å². The first-order valence-electron chi connectivity index (χ1n) is 13.4. The average molecular weight is 585 g/mol. The van der Waals surface area contributed by atoms with Gasteiger partial charge in [-0.25, -0.2) is 19.0 Å². The first-order valence-corrected chi connectivity index (χ1v) is 13.7. The second-order valence-corrected chi connectivity index (χ2v) is 10.9. The molecule has 0 spiro atoms. The zero-order valence-corrected chi connectivity index (χ0v) is 23.5. The number of hydrogen-bond acceptors (Lipinski definition) is 7. The third kappa shape index (κ3) is 5.38. The molecule has 2 amide bonds. The van der Waals surface area contributed by atoms with Crippen LogP contribution in [0, 0.1) is 11.2 Å². The van der Waals surface area contributed by atoms with Gasteiger partial charge in [-0.1, -0.05) is 28.9 Å². The van der Waals surface area contributed by atoms with Crippen LogP contribution < -0.4 is 16.0 Å². The largest absolute Gasteiger partial charge is 0.325 e. The normalized spacial score (nSPS) is 13.6.